The molecule has 0 unspecified atom stereocenters. The van der Waals surface area contributed by atoms with Gasteiger partial charge < -0.3 is 60.8 Å². The zero-order valence-electron chi connectivity index (χ0n) is 78.6. The van der Waals surface area contributed by atoms with Crippen LogP contribution in [-0.4, -0.2) is 248 Å². The number of pyridine rings is 3. The minimum atomic E-state index is -3.89. The summed E-state index contributed by atoms with van der Waals surface area (Å²) in [6, 6.07) is 30.4. The van der Waals surface area contributed by atoms with E-state index in [1.54, 1.807) is 160 Å². The minimum Gasteiger partial charge on any atom is -0.399 e. The molecule has 0 radical (unpaired) electrons. The Hall–Kier alpha value is -12.9. The molecule has 18 heterocycles. The van der Waals surface area contributed by atoms with Crippen molar-refractivity contribution in [2.75, 3.05) is 74.0 Å². The summed E-state index contributed by atoms with van der Waals surface area (Å²) in [6.07, 6.45) is 20.2. The van der Waals surface area contributed by atoms with E-state index >= 15 is 0 Å². The zero-order chi connectivity index (χ0) is 96.4. The number of benzene rings is 2. The van der Waals surface area contributed by atoms with Crippen LogP contribution in [0.4, 0.5) is 17.5 Å². The molecule has 0 aliphatic carbocycles. The van der Waals surface area contributed by atoms with Crippen molar-refractivity contribution in [3.63, 3.8) is 0 Å². The summed E-state index contributed by atoms with van der Waals surface area (Å²) in [4.78, 5) is 85.7. The van der Waals surface area contributed by atoms with Crippen LogP contribution >= 0.6 is 15.9 Å². The second-order valence-corrected chi connectivity index (χ2v) is 38.5. The normalized spacial score (nSPS) is 16.3. The molecule has 2 aromatic carbocycles. The Morgan fingerprint density at radius 2 is 0.833 bits per heavy atom. The molecule has 14 aromatic heterocycles. The number of carbonyl (C=O) groups excluding carboxylic acids is 3. The summed E-state index contributed by atoms with van der Waals surface area (Å²) in [5.41, 5.74) is 12.0. The van der Waals surface area contributed by atoms with E-state index in [1.165, 1.54) is 34.4 Å². The standard InChI is InChI=1S/C28H29N7O4S.C28H27N7O4S.C21H23N7O2.C11H17BN2O3.C5H5BrN2O.CH3.W/c2*1-18-4-6-20(7-5-18)40(37,38)35-11-9-22-21(8-10-29-28(22)35)27-31-24(23-15-30-33(3)25(23)16-36)14-26(32-27)34-12-13-39-17-19(34)2;1-13-12-30-8-7-28(13)19-9-17(16-10-24-27(2)18(16)11-29)25-21(26-19)15-4-6-23-20-14(15)3-5-22-20;1-10(2)11(3,4)17-12(16-10)8-6-13-14(5)9(8)7-15;1-8-5(3-9)4(6)2-7-8;;/h4-11,14-15,19,36H,12-13,16-17H2,1-3H3;4-11,14-16,19H,12-13,17H2,1-3H3;3-6,9-10,13,29H,7-8,11-12H2,1-2H3,(H,22,23);6-7H,1-5H3;2-3H,1H3;1H3;/q;;;;;-1;/t2*19-;13-;;;;/m111..../s1. The SMILES string of the molecule is C[C@@H]1COCCN1c1cc(-c2cnn(C)c2CO)nc(-c2ccnc3[nH]ccc23)n1.Cc1ccc(S(=O)(=O)n2ccc3c(-c4nc(-c5cnn(C)c5C=O)cc(N5CCOC[C@H]5C)n4)ccnc32)cc1.Cc1ccc(S(=O)(=O)n2ccc3c(-c4nc(-c5cnn(C)c5CO)cc(N5CCOC[C@H]5C)n4)ccnc32)cc1.Cn1ncc(B2OC(C)(C)C(C)(C)O2)c1C=O.Cn1ncc(Br)c1C=O.[CH3-].[W]. The van der Waals surface area contributed by atoms with Crippen molar-refractivity contribution in [3.05, 3.63) is 223 Å². The van der Waals surface area contributed by atoms with Crippen molar-refractivity contribution in [2.45, 2.75) is 115 Å². The summed E-state index contributed by atoms with van der Waals surface area (Å²) in [5.74, 6) is 3.62. The number of aryl methyl sites for hydroxylation is 7. The van der Waals surface area contributed by atoms with Crippen LogP contribution in [-0.2, 0) is 113 Å². The topological polar surface area (TPSA) is 447 Å². The maximum absolute atomic E-state index is 13.5. The number of aliphatic hydroxyl groups is 2. The number of ether oxygens (including phenoxy) is 3. The van der Waals surface area contributed by atoms with E-state index in [1.807, 2.05) is 85.1 Å². The number of aromatic amines is 1. The average molecular weight is 2150 g/mol. The van der Waals surface area contributed by atoms with E-state index in [0.29, 0.717) is 160 Å². The van der Waals surface area contributed by atoms with E-state index in [4.69, 9.17) is 53.4 Å². The molecule has 3 N–H and O–H groups in total. The number of morpholine rings is 3. The van der Waals surface area contributed by atoms with Gasteiger partial charge in [0.15, 0.2) is 47.6 Å². The molecule has 4 fully saturated rings. The number of aromatic nitrogens is 22. The molecule has 0 saturated carbocycles. The van der Waals surface area contributed by atoms with Gasteiger partial charge in [-0.1, -0.05) is 35.4 Å². The fourth-order valence-corrected chi connectivity index (χ4v) is 19.2. The Kier molecular flexibility index (Phi) is 30.9. The van der Waals surface area contributed by atoms with E-state index in [0.717, 1.165) is 74.7 Å². The minimum absolute atomic E-state index is 0. The number of aldehydes is 3. The Balaban J connectivity index is 0.000000146. The largest absolute Gasteiger partial charge is 0.498 e. The average Bonchev–Trinajstić information content (AvgIpc) is 1.59. The molecule has 0 bridgehead atoms. The van der Waals surface area contributed by atoms with E-state index in [9.17, 15) is 41.4 Å². The number of aliphatic hydroxyl groups excluding tert-OH is 2. The number of nitrogens with one attached hydrogen (secondary N) is 1. The molecule has 16 aromatic rings. The van der Waals surface area contributed by atoms with Gasteiger partial charge in [0.1, 0.15) is 40.2 Å². The summed E-state index contributed by atoms with van der Waals surface area (Å²) in [6.45, 7) is 23.3. The first kappa shape index (κ1) is 101. The molecule has 4 aliphatic rings. The van der Waals surface area contributed by atoms with Gasteiger partial charge in [-0.3, -0.25) is 37.8 Å². The molecule has 4 aliphatic heterocycles. The van der Waals surface area contributed by atoms with E-state index in [-0.39, 0.29) is 80.9 Å². The molecule has 20 rings (SSSR count). The third kappa shape index (κ3) is 20.4. The molecule has 3 atom stereocenters. The third-order valence-electron chi connectivity index (χ3n) is 24.6. The first-order valence-electron chi connectivity index (χ1n) is 43.6. The fraction of sp³-hybridized carbons (Fsp3) is 0.319. The van der Waals surface area contributed by atoms with Crippen LogP contribution in [0.15, 0.2) is 186 Å². The number of nitrogens with zero attached hydrogens (tertiary/aromatic N) is 24. The van der Waals surface area contributed by atoms with Crippen LogP contribution in [0.5, 0.6) is 0 Å². The van der Waals surface area contributed by atoms with E-state index < -0.39 is 38.4 Å². The number of halogens is 1. The van der Waals surface area contributed by atoms with Gasteiger partial charge in [0, 0.05) is 193 Å². The number of anilines is 3. The molecular formula is C94H104BBrN25O14S2W-. The summed E-state index contributed by atoms with van der Waals surface area (Å²) < 4.78 is 93.6. The predicted molar refractivity (Wildman–Crippen MR) is 520 cm³/mol. The van der Waals surface area contributed by atoms with Gasteiger partial charge in [0.25, 0.3) is 20.0 Å². The summed E-state index contributed by atoms with van der Waals surface area (Å²) in [7, 11) is 0.424. The van der Waals surface area contributed by atoms with Crippen LogP contribution in [0.25, 0.3) is 101 Å². The molecule has 39 nitrogen and oxygen atoms in total. The number of H-pyrrole nitrogens is 1. The molecule has 718 valence electrons. The van der Waals surface area contributed by atoms with Gasteiger partial charge >= 0.3 is 7.12 Å². The van der Waals surface area contributed by atoms with Crippen molar-refractivity contribution in [1.29, 1.82) is 0 Å². The number of fused-ring (bicyclic) bond motifs is 3. The molecule has 0 spiro atoms. The van der Waals surface area contributed by atoms with Crippen molar-refractivity contribution in [2.24, 2.45) is 35.2 Å². The van der Waals surface area contributed by atoms with Crippen LogP contribution in [0.1, 0.15) is 102 Å². The third-order valence-corrected chi connectivity index (χ3v) is 28.6. The molecule has 0 amide bonds. The first-order chi connectivity index (χ1) is 65.2. The molecule has 4 saturated heterocycles. The Bertz CT molecular complexity index is 7330. The van der Waals surface area contributed by atoms with Crippen molar-refractivity contribution in [3.8, 4) is 67.9 Å². The van der Waals surface area contributed by atoms with Crippen molar-refractivity contribution < 1.29 is 86.0 Å². The zero-order valence-corrected chi connectivity index (χ0v) is 84.8. The number of rotatable bonds is 19. The summed E-state index contributed by atoms with van der Waals surface area (Å²) >= 11 is 3.16. The van der Waals surface area contributed by atoms with Crippen LogP contribution in [0.3, 0.4) is 0 Å². The summed E-state index contributed by atoms with van der Waals surface area (Å²) in [5, 5.41) is 42.8. The maximum atomic E-state index is 13.5. The molecular weight excluding hydrogens is 2040 g/mol. The molecule has 44 heteroatoms. The molecule has 138 heavy (non-hydrogen) atoms. The monoisotopic (exact) mass is 2140 g/mol. The first-order valence-corrected chi connectivity index (χ1v) is 47.3. The van der Waals surface area contributed by atoms with Crippen LogP contribution < -0.4 is 20.2 Å². The fourth-order valence-electron chi connectivity index (χ4n) is 16.2. The van der Waals surface area contributed by atoms with Gasteiger partial charge in [-0.25, -0.2) is 69.6 Å². The van der Waals surface area contributed by atoms with Crippen LogP contribution in [0, 0.1) is 21.3 Å². The quantitative estimate of drug-likeness (QED) is 0.0384. The number of carbonyl (C=O) groups is 3. The van der Waals surface area contributed by atoms with Gasteiger partial charge in [0.05, 0.1) is 150 Å². The number of hydrogen-bond donors (Lipinski definition) is 3. The van der Waals surface area contributed by atoms with Gasteiger partial charge in [-0.2, -0.15) is 25.5 Å². The van der Waals surface area contributed by atoms with Crippen LogP contribution in [0.2, 0.25) is 0 Å². The second-order valence-electron chi connectivity index (χ2n) is 34.0. The van der Waals surface area contributed by atoms with Gasteiger partial charge in [-0.05, 0) is 139 Å². The number of hydrogen-bond acceptors (Lipinski definition) is 31. The second kappa shape index (κ2) is 42.2. The Morgan fingerprint density at radius 1 is 0.464 bits per heavy atom. The Labute approximate surface area is 819 Å². The van der Waals surface area contributed by atoms with Gasteiger partial charge in [0.2, 0.25) is 0 Å². The van der Waals surface area contributed by atoms with Gasteiger partial charge in [-0.15, -0.1) is 0 Å². The predicted octanol–water partition coefficient (Wildman–Crippen LogP) is 10.7. The van der Waals surface area contributed by atoms with E-state index in [2.05, 4.69) is 96.8 Å². The van der Waals surface area contributed by atoms with Crippen molar-refractivity contribution >= 4 is 118 Å². The maximum Gasteiger partial charge on any atom is 0.498 e. The smallest absolute Gasteiger partial charge is 0.399 e. The van der Waals surface area contributed by atoms with Crippen molar-refractivity contribution in [1.82, 2.24) is 107 Å². The Morgan fingerprint density at radius 3 is 1.22 bits per heavy atom.